The molecule has 0 spiro atoms. The van der Waals surface area contributed by atoms with Crippen molar-refractivity contribution < 1.29 is 47.5 Å². The topological polar surface area (TPSA) is 172 Å². The Morgan fingerprint density at radius 3 is 1.40 bits per heavy atom. The van der Waals surface area contributed by atoms with Crippen LogP contribution in [0.2, 0.25) is 0 Å². The number of allylic oxidation sites excluding steroid dienone is 2. The smallest absolute Gasteiger partial charge is 0.472 e. The van der Waals surface area contributed by atoms with Crippen LogP contribution in [-0.4, -0.2) is 59.9 Å². The number of ether oxygens (including phenoxy) is 2. The summed E-state index contributed by atoms with van der Waals surface area (Å²) in [5.74, 6) is -2.38. The molecule has 4 N–H and O–H groups in total. The molecule has 0 fully saturated rings. The summed E-state index contributed by atoms with van der Waals surface area (Å²) in [6.07, 6.45) is 34.2. The number of rotatable bonds is 39. The largest absolute Gasteiger partial charge is 0.480 e. The van der Waals surface area contributed by atoms with E-state index >= 15 is 0 Å². The average Bonchev–Trinajstić information content (AvgIpc) is 3.12. The van der Waals surface area contributed by atoms with Crippen LogP contribution in [-0.2, 0) is 37.5 Å². The van der Waals surface area contributed by atoms with Gasteiger partial charge in [-0.1, -0.05) is 154 Å². The second-order valence-corrected chi connectivity index (χ2v) is 15.6. The highest BCUT2D eigenvalue weighted by molar-refractivity contribution is 7.47. The van der Waals surface area contributed by atoms with Crippen LogP contribution in [0.5, 0.6) is 0 Å². The molecule has 0 aromatic rings. The van der Waals surface area contributed by atoms with Crippen molar-refractivity contribution in [3.05, 3.63) is 12.2 Å². The van der Waals surface area contributed by atoms with Crippen LogP contribution >= 0.6 is 7.82 Å². The molecule has 0 heterocycles. The number of unbranched alkanes of at least 4 members (excludes halogenated alkanes) is 23. The first-order valence-electron chi connectivity index (χ1n) is 20.7. The van der Waals surface area contributed by atoms with Crippen molar-refractivity contribution in [2.24, 2.45) is 5.73 Å². The molecule has 0 amide bonds. The second kappa shape index (κ2) is 36.2. The Labute approximate surface area is 316 Å². The zero-order chi connectivity index (χ0) is 38.5. The van der Waals surface area contributed by atoms with Crippen LogP contribution in [0.3, 0.4) is 0 Å². The first-order chi connectivity index (χ1) is 25.1. The molecule has 0 saturated heterocycles. The summed E-state index contributed by atoms with van der Waals surface area (Å²) in [6.45, 7) is 2.79. The number of phosphoric acid groups is 1. The number of hydrogen-bond donors (Lipinski definition) is 3. The van der Waals surface area contributed by atoms with Gasteiger partial charge in [-0.15, -0.1) is 0 Å². The summed E-state index contributed by atoms with van der Waals surface area (Å²) >= 11 is 0. The second-order valence-electron chi connectivity index (χ2n) is 14.1. The molecule has 0 radical (unpaired) electrons. The molecule has 306 valence electrons. The van der Waals surface area contributed by atoms with Crippen molar-refractivity contribution in [3.8, 4) is 0 Å². The Kier molecular flexibility index (Phi) is 35.0. The lowest BCUT2D eigenvalue weighted by Gasteiger charge is -2.20. The van der Waals surface area contributed by atoms with Gasteiger partial charge in [-0.05, 0) is 38.5 Å². The molecule has 0 aromatic carbocycles. The molecule has 12 heteroatoms. The van der Waals surface area contributed by atoms with E-state index in [1.807, 2.05) is 0 Å². The molecule has 0 aliphatic carbocycles. The number of carbonyl (C=O) groups excluding carboxylic acids is 2. The van der Waals surface area contributed by atoms with Crippen LogP contribution in [0.25, 0.3) is 0 Å². The Morgan fingerprint density at radius 1 is 0.577 bits per heavy atom. The lowest BCUT2D eigenvalue weighted by molar-refractivity contribution is -0.161. The van der Waals surface area contributed by atoms with Crippen LogP contribution < -0.4 is 5.73 Å². The standard InChI is InChI=1S/C40H76NO10P/c1-3-5-7-9-11-13-15-17-18-19-20-22-24-26-28-30-32-39(43)51-36(34-49-52(46,47)50-35-37(41)40(44)45)33-48-38(42)31-29-27-25-23-21-16-14-12-10-8-6-4-2/h18-19,36-37H,3-17,20-35,41H2,1-2H3,(H,44,45)(H,46,47)/b19-18-. The van der Waals surface area contributed by atoms with Crippen molar-refractivity contribution in [2.75, 3.05) is 19.8 Å². The SMILES string of the molecule is CCCCCCCCC/C=C\CCCCCCCC(=O)OC(COC(=O)CCCCCCCCCCCCCC)COP(=O)(O)OCC(N)C(=O)O. The van der Waals surface area contributed by atoms with Crippen LogP contribution in [0, 0.1) is 0 Å². The summed E-state index contributed by atoms with van der Waals surface area (Å²) < 4.78 is 32.6. The molecule has 0 aliphatic heterocycles. The van der Waals surface area contributed by atoms with E-state index in [1.165, 1.54) is 96.3 Å². The fourth-order valence-electron chi connectivity index (χ4n) is 5.71. The number of phosphoric ester groups is 1. The van der Waals surface area contributed by atoms with Crippen LogP contribution in [0.15, 0.2) is 12.2 Å². The Morgan fingerprint density at radius 2 is 0.962 bits per heavy atom. The maximum absolute atomic E-state index is 12.6. The molecule has 52 heavy (non-hydrogen) atoms. The quantitative estimate of drug-likeness (QED) is 0.0235. The minimum absolute atomic E-state index is 0.155. The fourth-order valence-corrected chi connectivity index (χ4v) is 6.48. The maximum Gasteiger partial charge on any atom is 0.472 e. The molecule has 0 rings (SSSR count). The molecule has 3 unspecified atom stereocenters. The molecule has 0 saturated carbocycles. The maximum atomic E-state index is 12.6. The molecule has 0 aromatic heterocycles. The van der Waals surface area contributed by atoms with Crippen molar-refractivity contribution in [3.63, 3.8) is 0 Å². The number of carboxylic acid groups (broad SMARTS) is 1. The zero-order valence-corrected chi connectivity index (χ0v) is 33.8. The van der Waals surface area contributed by atoms with Crippen molar-refractivity contribution in [1.29, 1.82) is 0 Å². The minimum atomic E-state index is -4.71. The predicted octanol–water partition coefficient (Wildman–Crippen LogP) is 10.5. The number of esters is 2. The van der Waals surface area contributed by atoms with E-state index in [4.69, 9.17) is 24.8 Å². The van der Waals surface area contributed by atoms with E-state index < -0.39 is 51.1 Å². The fraction of sp³-hybridized carbons (Fsp3) is 0.875. The zero-order valence-electron chi connectivity index (χ0n) is 32.9. The summed E-state index contributed by atoms with van der Waals surface area (Å²) in [5.41, 5.74) is 5.32. The highest BCUT2D eigenvalue weighted by atomic mass is 31.2. The van der Waals surface area contributed by atoms with Gasteiger partial charge in [0, 0.05) is 12.8 Å². The molecular formula is C40H76NO10P. The van der Waals surface area contributed by atoms with Crippen molar-refractivity contribution in [1.82, 2.24) is 0 Å². The number of carbonyl (C=O) groups is 3. The van der Waals surface area contributed by atoms with E-state index in [1.54, 1.807) is 0 Å². The van der Waals surface area contributed by atoms with Gasteiger partial charge >= 0.3 is 25.7 Å². The van der Waals surface area contributed by atoms with Crippen LogP contribution in [0.4, 0.5) is 0 Å². The monoisotopic (exact) mass is 762 g/mol. The Balaban J connectivity index is 4.39. The highest BCUT2D eigenvalue weighted by Crippen LogP contribution is 2.43. The minimum Gasteiger partial charge on any atom is -0.480 e. The van der Waals surface area contributed by atoms with E-state index in [0.29, 0.717) is 12.8 Å². The lowest BCUT2D eigenvalue weighted by Crippen LogP contribution is -2.34. The van der Waals surface area contributed by atoms with Gasteiger partial charge in [0.1, 0.15) is 12.6 Å². The number of carboxylic acids is 1. The molecule has 11 nitrogen and oxygen atoms in total. The number of aliphatic carboxylic acids is 1. The predicted molar refractivity (Wildman–Crippen MR) is 208 cm³/mol. The summed E-state index contributed by atoms with van der Waals surface area (Å²) in [7, 11) is -4.71. The third-order valence-corrected chi connectivity index (χ3v) is 9.96. The number of hydrogen-bond acceptors (Lipinski definition) is 9. The highest BCUT2D eigenvalue weighted by Gasteiger charge is 2.28. The van der Waals surface area contributed by atoms with Gasteiger partial charge in [0.05, 0.1) is 13.2 Å². The van der Waals surface area contributed by atoms with Crippen molar-refractivity contribution >= 4 is 25.7 Å². The van der Waals surface area contributed by atoms with Gasteiger partial charge in [0.25, 0.3) is 0 Å². The molecular weight excluding hydrogens is 685 g/mol. The Hall–Kier alpha value is -1.78. The normalized spacial score (nSPS) is 13.9. The third kappa shape index (κ3) is 35.3. The van der Waals surface area contributed by atoms with E-state index in [-0.39, 0.29) is 19.4 Å². The first kappa shape index (κ1) is 50.2. The molecule has 0 bridgehead atoms. The van der Waals surface area contributed by atoms with Gasteiger partial charge in [0.15, 0.2) is 6.10 Å². The van der Waals surface area contributed by atoms with E-state index in [9.17, 15) is 23.8 Å². The Bertz CT molecular complexity index is 947. The van der Waals surface area contributed by atoms with E-state index in [0.717, 1.165) is 57.8 Å². The first-order valence-corrected chi connectivity index (χ1v) is 22.2. The van der Waals surface area contributed by atoms with Gasteiger partial charge in [0.2, 0.25) is 0 Å². The van der Waals surface area contributed by atoms with Crippen LogP contribution in [0.1, 0.15) is 194 Å². The summed E-state index contributed by atoms with van der Waals surface area (Å²) in [4.78, 5) is 45.8. The van der Waals surface area contributed by atoms with E-state index in [2.05, 4.69) is 30.5 Å². The third-order valence-electron chi connectivity index (χ3n) is 9.01. The lowest BCUT2D eigenvalue weighted by atomic mass is 10.0. The molecule has 0 aliphatic rings. The van der Waals surface area contributed by atoms with Gasteiger partial charge in [-0.3, -0.25) is 23.4 Å². The van der Waals surface area contributed by atoms with Gasteiger partial charge < -0.3 is 25.2 Å². The van der Waals surface area contributed by atoms with Crippen molar-refractivity contribution in [2.45, 2.75) is 206 Å². The summed E-state index contributed by atoms with van der Waals surface area (Å²) in [6, 6.07) is -1.52. The number of nitrogens with two attached hydrogens (primary N) is 1. The summed E-state index contributed by atoms with van der Waals surface area (Å²) in [5, 5.41) is 8.87. The van der Waals surface area contributed by atoms with Gasteiger partial charge in [-0.2, -0.15) is 0 Å². The molecule has 3 atom stereocenters. The van der Waals surface area contributed by atoms with Gasteiger partial charge in [-0.25, -0.2) is 4.57 Å². The average molecular weight is 762 g/mol.